The van der Waals surface area contributed by atoms with E-state index in [-0.39, 0.29) is 11.9 Å². The largest absolute Gasteiger partial charge is 0.390 e. The van der Waals surface area contributed by atoms with Crippen molar-refractivity contribution in [2.24, 2.45) is 11.1 Å². The van der Waals surface area contributed by atoms with Gasteiger partial charge in [0, 0.05) is 38.2 Å². The van der Waals surface area contributed by atoms with Gasteiger partial charge in [0.2, 0.25) is 0 Å². The van der Waals surface area contributed by atoms with E-state index in [0.717, 1.165) is 5.56 Å². The zero-order valence-corrected chi connectivity index (χ0v) is 17.7. The van der Waals surface area contributed by atoms with Crippen LogP contribution in [0.3, 0.4) is 0 Å². The summed E-state index contributed by atoms with van der Waals surface area (Å²) in [5.41, 5.74) is 2.26. The van der Waals surface area contributed by atoms with E-state index in [2.05, 4.69) is 36.0 Å². The zero-order valence-electron chi connectivity index (χ0n) is 17.7. The third-order valence-electron chi connectivity index (χ3n) is 4.86. The molecule has 1 aliphatic heterocycles. The second-order valence-corrected chi connectivity index (χ2v) is 8.21. The number of halogens is 1. The normalized spacial score (nSPS) is 17.3. The van der Waals surface area contributed by atoms with Crippen LogP contribution in [0.4, 0.5) is 4.39 Å². The highest BCUT2D eigenvalue weighted by molar-refractivity contribution is 6.01. The number of hydrogen-bond donors (Lipinski definition) is 1. The van der Waals surface area contributed by atoms with Gasteiger partial charge in [0.05, 0.1) is 18.4 Å². The predicted octanol–water partition coefficient (Wildman–Crippen LogP) is 3.85. The molecule has 0 radical (unpaired) electrons. The van der Waals surface area contributed by atoms with Crippen LogP contribution in [0.25, 0.3) is 0 Å². The molecule has 0 aliphatic carbocycles. The van der Waals surface area contributed by atoms with Crippen molar-refractivity contribution in [3.05, 3.63) is 71.5 Å². The van der Waals surface area contributed by atoms with Crippen molar-refractivity contribution >= 4 is 5.71 Å². The standard InChI is InChI=1S/C24H31FN2O3/c1-18(2)16-29-17-20(28)14-27(13-19-8-4-3-5-9-19)15-21-12-24(26-30-21)22-10-6-7-11-23(22)25/h3-11,18,20-21,28H,12-17H2,1-2H3. The van der Waals surface area contributed by atoms with Crippen molar-refractivity contribution < 1.29 is 19.1 Å². The number of nitrogens with zero attached hydrogens (tertiary/aromatic N) is 2. The van der Waals surface area contributed by atoms with E-state index in [1.807, 2.05) is 18.2 Å². The quantitative estimate of drug-likeness (QED) is 0.607. The van der Waals surface area contributed by atoms with E-state index >= 15 is 0 Å². The van der Waals surface area contributed by atoms with E-state index in [0.29, 0.717) is 56.5 Å². The minimum atomic E-state index is -0.596. The molecule has 0 bridgehead atoms. The molecule has 5 nitrogen and oxygen atoms in total. The Morgan fingerprint density at radius 3 is 2.60 bits per heavy atom. The number of oxime groups is 1. The molecule has 2 unspecified atom stereocenters. The lowest BCUT2D eigenvalue weighted by Crippen LogP contribution is -2.39. The first-order valence-electron chi connectivity index (χ1n) is 10.5. The second kappa shape index (κ2) is 11.2. The van der Waals surface area contributed by atoms with Gasteiger partial charge in [-0.15, -0.1) is 0 Å². The Bertz CT molecular complexity index is 813. The third-order valence-corrected chi connectivity index (χ3v) is 4.86. The summed E-state index contributed by atoms with van der Waals surface area (Å²) in [6.07, 6.45) is -0.250. The lowest BCUT2D eigenvalue weighted by Gasteiger charge is -2.27. The SMILES string of the molecule is CC(C)COCC(O)CN(Cc1ccccc1)CC1CC(c2ccccc2F)=NO1. The van der Waals surface area contributed by atoms with Crippen LogP contribution in [-0.2, 0) is 16.1 Å². The summed E-state index contributed by atoms with van der Waals surface area (Å²) in [5.74, 6) is 0.137. The number of aliphatic hydroxyl groups excluding tert-OH is 1. The first kappa shape index (κ1) is 22.4. The molecule has 162 valence electrons. The number of benzene rings is 2. The lowest BCUT2D eigenvalue weighted by molar-refractivity contribution is -0.00734. The fourth-order valence-corrected chi connectivity index (χ4v) is 3.50. The molecule has 1 aliphatic rings. The molecule has 2 aromatic carbocycles. The van der Waals surface area contributed by atoms with Crippen molar-refractivity contribution in [1.82, 2.24) is 4.90 Å². The van der Waals surface area contributed by atoms with Crippen LogP contribution in [-0.4, -0.2) is 54.2 Å². The monoisotopic (exact) mass is 414 g/mol. The van der Waals surface area contributed by atoms with Crippen molar-refractivity contribution in [1.29, 1.82) is 0 Å². The average Bonchev–Trinajstić information content (AvgIpc) is 3.17. The molecule has 0 amide bonds. The average molecular weight is 415 g/mol. The molecular weight excluding hydrogens is 383 g/mol. The molecule has 1 N–H and O–H groups in total. The zero-order chi connectivity index (χ0) is 21.3. The first-order chi connectivity index (χ1) is 14.5. The number of ether oxygens (including phenoxy) is 1. The maximum atomic E-state index is 14.1. The van der Waals surface area contributed by atoms with Gasteiger partial charge in [-0.2, -0.15) is 0 Å². The Morgan fingerprint density at radius 1 is 1.13 bits per heavy atom. The Balaban J connectivity index is 1.59. The first-order valence-corrected chi connectivity index (χ1v) is 10.5. The molecule has 6 heteroatoms. The van der Waals surface area contributed by atoms with Crippen LogP contribution >= 0.6 is 0 Å². The topological polar surface area (TPSA) is 54.3 Å². The molecule has 0 fully saturated rings. The molecule has 0 saturated carbocycles. The summed E-state index contributed by atoms with van der Waals surface area (Å²) in [6, 6.07) is 16.7. The molecule has 0 saturated heterocycles. The maximum absolute atomic E-state index is 14.1. The summed E-state index contributed by atoms with van der Waals surface area (Å²) < 4.78 is 19.7. The molecule has 2 aromatic rings. The van der Waals surface area contributed by atoms with Crippen molar-refractivity contribution in [3.63, 3.8) is 0 Å². The Hall–Kier alpha value is -2.28. The Morgan fingerprint density at radius 2 is 1.87 bits per heavy atom. The van der Waals surface area contributed by atoms with Gasteiger partial charge in [-0.1, -0.05) is 67.5 Å². The van der Waals surface area contributed by atoms with Crippen LogP contribution in [0, 0.1) is 11.7 Å². The highest BCUT2D eigenvalue weighted by atomic mass is 19.1. The van der Waals surface area contributed by atoms with E-state index in [1.165, 1.54) is 6.07 Å². The summed E-state index contributed by atoms with van der Waals surface area (Å²) in [5, 5.41) is 14.6. The van der Waals surface area contributed by atoms with Gasteiger partial charge in [-0.25, -0.2) is 4.39 Å². The molecular formula is C24H31FN2O3. The van der Waals surface area contributed by atoms with Gasteiger partial charge in [0.25, 0.3) is 0 Å². The highest BCUT2D eigenvalue weighted by Crippen LogP contribution is 2.20. The fourth-order valence-electron chi connectivity index (χ4n) is 3.50. The van der Waals surface area contributed by atoms with E-state index in [9.17, 15) is 9.50 Å². The number of rotatable bonds is 11. The van der Waals surface area contributed by atoms with Crippen molar-refractivity contribution in [3.8, 4) is 0 Å². The number of hydrogen-bond acceptors (Lipinski definition) is 5. The molecule has 0 aromatic heterocycles. The van der Waals surface area contributed by atoms with Crippen molar-refractivity contribution in [2.75, 3.05) is 26.3 Å². The molecule has 30 heavy (non-hydrogen) atoms. The van der Waals surface area contributed by atoms with Gasteiger partial charge in [-0.3, -0.25) is 4.90 Å². The van der Waals surface area contributed by atoms with Gasteiger partial charge in [0.15, 0.2) is 0 Å². The predicted molar refractivity (Wildman–Crippen MR) is 116 cm³/mol. The van der Waals surface area contributed by atoms with Gasteiger partial charge in [0.1, 0.15) is 11.9 Å². The van der Waals surface area contributed by atoms with Gasteiger partial charge < -0.3 is 14.7 Å². The van der Waals surface area contributed by atoms with Crippen molar-refractivity contribution in [2.45, 2.75) is 39.0 Å². The summed E-state index contributed by atoms with van der Waals surface area (Å²) in [4.78, 5) is 7.75. The fraction of sp³-hybridized carbons (Fsp3) is 0.458. The second-order valence-electron chi connectivity index (χ2n) is 8.21. The smallest absolute Gasteiger partial charge is 0.145 e. The van der Waals surface area contributed by atoms with Crippen LogP contribution in [0.2, 0.25) is 0 Å². The minimum Gasteiger partial charge on any atom is -0.390 e. The van der Waals surface area contributed by atoms with Crippen LogP contribution < -0.4 is 0 Å². The molecule has 0 spiro atoms. The van der Waals surface area contributed by atoms with Crippen LogP contribution in [0.5, 0.6) is 0 Å². The highest BCUT2D eigenvalue weighted by Gasteiger charge is 2.27. The van der Waals surface area contributed by atoms with Gasteiger partial charge in [-0.05, 0) is 17.5 Å². The molecule has 1 heterocycles. The summed E-state index contributed by atoms with van der Waals surface area (Å²) in [7, 11) is 0. The minimum absolute atomic E-state index is 0.188. The van der Waals surface area contributed by atoms with Crippen LogP contribution in [0.1, 0.15) is 31.4 Å². The lowest BCUT2D eigenvalue weighted by atomic mass is 10.0. The molecule has 2 atom stereocenters. The van der Waals surface area contributed by atoms with Crippen LogP contribution in [0.15, 0.2) is 59.8 Å². The van der Waals surface area contributed by atoms with E-state index in [1.54, 1.807) is 18.2 Å². The third kappa shape index (κ3) is 6.90. The van der Waals surface area contributed by atoms with Gasteiger partial charge >= 0.3 is 0 Å². The maximum Gasteiger partial charge on any atom is 0.145 e. The Labute approximate surface area is 178 Å². The summed E-state index contributed by atoms with van der Waals surface area (Å²) in [6.45, 7) is 6.81. The van der Waals surface area contributed by atoms with E-state index in [4.69, 9.17) is 9.57 Å². The number of aliphatic hydroxyl groups is 1. The van der Waals surface area contributed by atoms with E-state index < -0.39 is 6.10 Å². The summed E-state index contributed by atoms with van der Waals surface area (Å²) >= 11 is 0. The Kier molecular flexibility index (Phi) is 8.37. The molecule has 3 rings (SSSR count).